The number of rotatable bonds is 1. The molecule has 1 amide bonds. The van der Waals surface area contributed by atoms with E-state index >= 15 is 0 Å². The van der Waals surface area contributed by atoms with Gasteiger partial charge in [0, 0.05) is 6.20 Å². The molecule has 1 aromatic rings. The van der Waals surface area contributed by atoms with Crippen LogP contribution in [0.1, 0.15) is 37.5 Å². The number of hydrogen-bond donors (Lipinski definition) is 2. The topological polar surface area (TPSA) is 54.0 Å². The van der Waals surface area contributed by atoms with Gasteiger partial charge in [0.25, 0.3) is 0 Å². The molecule has 1 aromatic heterocycles. The van der Waals surface area contributed by atoms with Crippen molar-refractivity contribution in [1.29, 1.82) is 0 Å². The van der Waals surface area contributed by atoms with Gasteiger partial charge in [0.15, 0.2) is 0 Å². The van der Waals surface area contributed by atoms with Gasteiger partial charge in [0.1, 0.15) is 6.17 Å². The molecule has 1 aliphatic carbocycles. The van der Waals surface area contributed by atoms with Crippen molar-refractivity contribution in [2.75, 3.05) is 0 Å². The Morgan fingerprint density at radius 3 is 2.81 bits per heavy atom. The molecule has 16 heavy (non-hydrogen) atoms. The Kier molecular flexibility index (Phi) is 2.17. The predicted molar refractivity (Wildman–Crippen MR) is 59.5 cm³/mol. The van der Waals surface area contributed by atoms with E-state index in [2.05, 4.69) is 15.6 Å². The minimum atomic E-state index is -0.317. The average Bonchev–Trinajstić information content (AvgIpc) is 2.91. The first-order valence-corrected chi connectivity index (χ1v) is 5.80. The Labute approximate surface area is 94.5 Å². The van der Waals surface area contributed by atoms with E-state index in [1.165, 1.54) is 0 Å². The van der Waals surface area contributed by atoms with Gasteiger partial charge in [-0.3, -0.25) is 15.1 Å². The van der Waals surface area contributed by atoms with Gasteiger partial charge in [-0.25, -0.2) is 0 Å². The van der Waals surface area contributed by atoms with Crippen molar-refractivity contribution in [1.82, 2.24) is 15.6 Å². The van der Waals surface area contributed by atoms with Gasteiger partial charge in [0.2, 0.25) is 5.91 Å². The standard InChI is InChI=1S/C12H15N3O/c16-11-12(6-2-3-7-12)15-10(14-11)9-5-1-4-8-13-9/h1,4-5,8,10,15H,2-3,6-7H2,(H,14,16). The molecule has 2 aliphatic rings. The Bertz CT molecular complexity index is 398. The lowest BCUT2D eigenvalue weighted by atomic mass is 9.98. The van der Waals surface area contributed by atoms with Crippen molar-refractivity contribution in [3.8, 4) is 0 Å². The SMILES string of the molecule is O=C1NC(c2ccccn2)NC12CCCC2. The minimum Gasteiger partial charge on any atom is -0.334 e. The van der Waals surface area contributed by atoms with Crippen LogP contribution in [-0.4, -0.2) is 16.4 Å². The van der Waals surface area contributed by atoms with E-state index in [4.69, 9.17) is 0 Å². The Balaban J connectivity index is 1.84. The zero-order valence-corrected chi connectivity index (χ0v) is 9.07. The molecular weight excluding hydrogens is 202 g/mol. The van der Waals surface area contributed by atoms with E-state index in [-0.39, 0.29) is 17.6 Å². The van der Waals surface area contributed by atoms with Crippen LogP contribution in [0.25, 0.3) is 0 Å². The third-order valence-corrected chi connectivity index (χ3v) is 3.57. The molecular formula is C12H15N3O. The summed E-state index contributed by atoms with van der Waals surface area (Å²) in [6.45, 7) is 0. The maximum atomic E-state index is 12.0. The second-order valence-corrected chi connectivity index (χ2v) is 4.59. The van der Waals surface area contributed by atoms with Crippen molar-refractivity contribution in [2.45, 2.75) is 37.4 Å². The molecule has 1 atom stereocenters. The molecule has 0 bridgehead atoms. The molecule has 2 heterocycles. The van der Waals surface area contributed by atoms with Gasteiger partial charge >= 0.3 is 0 Å². The maximum Gasteiger partial charge on any atom is 0.241 e. The van der Waals surface area contributed by atoms with E-state index in [0.717, 1.165) is 31.4 Å². The fourth-order valence-corrected chi connectivity index (χ4v) is 2.69. The van der Waals surface area contributed by atoms with Crippen LogP contribution in [0.4, 0.5) is 0 Å². The highest BCUT2D eigenvalue weighted by Gasteiger charge is 2.48. The first-order valence-electron chi connectivity index (χ1n) is 5.80. The number of pyridine rings is 1. The molecule has 1 saturated heterocycles. The minimum absolute atomic E-state index is 0.119. The lowest BCUT2D eigenvalue weighted by Gasteiger charge is -2.20. The highest BCUT2D eigenvalue weighted by Crippen LogP contribution is 2.35. The lowest BCUT2D eigenvalue weighted by molar-refractivity contribution is -0.124. The van der Waals surface area contributed by atoms with Crippen LogP contribution >= 0.6 is 0 Å². The summed E-state index contributed by atoms with van der Waals surface area (Å²) in [5, 5.41) is 6.40. The summed E-state index contributed by atoms with van der Waals surface area (Å²) in [5.74, 6) is 0.139. The largest absolute Gasteiger partial charge is 0.334 e. The monoisotopic (exact) mass is 217 g/mol. The number of aromatic nitrogens is 1. The molecule has 2 fully saturated rings. The van der Waals surface area contributed by atoms with Crippen LogP contribution in [0, 0.1) is 0 Å². The Hall–Kier alpha value is -1.42. The number of nitrogens with zero attached hydrogens (tertiary/aromatic N) is 1. The van der Waals surface area contributed by atoms with Crippen molar-refractivity contribution in [2.24, 2.45) is 0 Å². The molecule has 1 saturated carbocycles. The normalized spacial score (nSPS) is 27.2. The maximum absolute atomic E-state index is 12.0. The van der Waals surface area contributed by atoms with Gasteiger partial charge in [-0.1, -0.05) is 18.9 Å². The third-order valence-electron chi connectivity index (χ3n) is 3.57. The second-order valence-electron chi connectivity index (χ2n) is 4.59. The summed E-state index contributed by atoms with van der Waals surface area (Å²) in [6, 6.07) is 5.76. The van der Waals surface area contributed by atoms with E-state index in [0.29, 0.717) is 0 Å². The Morgan fingerprint density at radius 2 is 2.12 bits per heavy atom. The summed E-state index contributed by atoms with van der Waals surface area (Å²) >= 11 is 0. The summed E-state index contributed by atoms with van der Waals surface area (Å²) in [6.07, 6.45) is 5.80. The molecule has 2 N–H and O–H groups in total. The first kappa shape index (κ1) is 9.78. The van der Waals surface area contributed by atoms with Crippen LogP contribution < -0.4 is 10.6 Å². The van der Waals surface area contributed by atoms with Crippen molar-refractivity contribution >= 4 is 5.91 Å². The fourth-order valence-electron chi connectivity index (χ4n) is 2.69. The van der Waals surface area contributed by atoms with Crippen molar-refractivity contribution in [3.63, 3.8) is 0 Å². The molecule has 1 unspecified atom stereocenters. The van der Waals surface area contributed by atoms with Gasteiger partial charge in [0.05, 0.1) is 11.2 Å². The van der Waals surface area contributed by atoms with Crippen molar-refractivity contribution in [3.05, 3.63) is 30.1 Å². The van der Waals surface area contributed by atoms with Crippen LogP contribution in [0.5, 0.6) is 0 Å². The van der Waals surface area contributed by atoms with E-state index in [1.54, 1.807) is 6.20 Å². The summed E-state index contributed by atoms with van der Waals surface area (Å²) in [4.78, 5) is 16.3. The molecule has 0 aromatic carbocycles. The van der Waals surface area contributed by atoms with Crippen molar-refractivity contribution < 1.29 is 4.79 Å². The molecule has 0 radical (unpaired) electrons. The lowest BCUT2D eigenvalue weighted by Crippen LogP contribution is -2.43. The van der Waals surface area contributed by atoms with E-state index in [1.807, 2.05) is 18.2 Å². The highest BCUT2D eigenvalue weighted by molar-refractivity contribution is 5.89. The quantitative estimate of drug-likeness (QED) is 0.741. The molecule has 1 spiro atoms. The predicted octanol–water partition coefficient (Wildman–Crippen LogP) is 1.11. The smallest absolute Gasteiger partial charge is 0.241 e. The zero-order valence-electron chi connectivity index (χ0n) is 9.07. The average molecular weight is 217 g/mol. The van der Waals surface area contributed by atoms with Crippen LogP contribution in [0.2, 0.25) is 0 Å². The molecule has 4 nitrogen and oxygen atoms in total. The fraction of sp³-hybridized carbons (Fsp3) is 0.500. The van der Waals surface area contributed by atoms with Gasteiger partial charge in [-0.05, 0) is 25.0 Å². The molecule has 1 aliphatic heterocycles. The summed E-state index contributed by atoms with van der Waals surface area (Å²) in [7, 11) is 0. The number of carbonyl (C=O) groups excluding carboxylic acids is 1. The number of hydrogen-bond acceptors (Lipinski definition) is 3. The van der Waals surface area contributed by atoms with Gasteiger partial charge in [-0.15, -0.1) is 0 Å². The molecule has 3 rings (SSSR count). The zero-order chi connectivity index (χ0) is 11.0. The number of amides is 1. The van der Waals surface area contributed by atoms with Gasteiger partial charge in [-0.2, -0.15) is 0 Å². The number of nitrogens with one attached hydrogen (secondary N) is 2. The third kappa shape index (κ3) is 1.41. The highest BCUT2D eigenvalue weighted by atomic mass is 16.2. The van der Waals surface area contributed by atoms with Gasteiger partial charge < -0.3 is 5.32 Å². The first-order chi connectivity index (χ1) is 7.80. The molecule has 84 valence electrons. The van der Waals surface area contributed by atoms with Crippen LogP contribution in [0.3, 0.4) is 0 Å². The van der Waals surface area contributed by atoms with Crippen LogP contribution in [-0.2, 0) is 4.79 Å². The van der Waals surface area contributed by atoms with E-state index < -0.39 is 0 Å². The van der Waals surface area contributed by atoms with Crippen LogP contribution in [0.15, 0.2) is 24.4 Å². The van der Waals surface area contributed by atoms with E-state index in [9.17, 15) is 4.79 Å². The molecule has 4 heteroatoms. The Morgan fingerprint density at radius 1 is 1.31 bits per heavy atom. The number of carbonyl (C=O) groups is 1. The second kappa shape index (κ2) is 3.56. The summed E-state index contributed by atoms with van der Waals surface area (Å²) in [5.41, 5.74) is 0.571. The summed E-state index contributed by atoms with van der Waals surface area (Å²) < 4.78 is 0.